The zero-order valence-corrected chi connectivity index (χ0v) is 12.0. The van der Waals surface area contributed by atoms with E-state index in [0.29, 0.717) is 11.3 Å². The van der Waals surface area contributed by atoms with E-state index in [0.717, 1.165) is 18.7 Å². The predicted octanol–water partition coefficient (Wildman–Crippen LogP) is 2.14. The van der Waals surface area contributed by atoms with Gasteiger partial charge in [0, 0.05) is 13.1 Å². The number of methoxy groups -OCH3 is 1. The number of hydrogen-bond donors (Lipinski definition) is 3. The maximum Gasteiger partial charge on any atom is 0.173 e. The van der Waals surface area contributed by atoms with Crippen LogP contribution in [0.3, 0.4) is 0 Å². The van der Waals surface area contributed by atoms with Crippen molar-refractivity contribution in [1.82, 2.24) is 5.32 Å². The van der Waals surface area contributed by atoms with E-state index in [4.69, 9.17) is 15.7 Å². The van der Waals surface area contributed by atoms with Crippen LogP contribution < -0.4 is 15.8 Å². The Labute approximate surface area is 121 Å². The van der Waals surface area contributed by atoms with Gasteiger partial charge < -0.3 is 21.0 Å². The molecule has 20 heavy (non-hydrogen) atoms. The van der Waals surface area contributed by atoms with Gasteiger partial charge in [0.2, 0.25) is 0 Å². The van der Waals surface area contributed by atoms with Crippen LogP contribution >= 0.6 is 11.3 Å². The lowest BCUT2D eigenvalue weighted by Crippen LogP contribution is -2.16. The molecule has 4 N–H and O–H groups in total. The quantitative estimate of drug-likeness (QED) is 0.330. The number of nitrogens with one attached hydrogen (secondary N) is 1. The standard InChI is InChI=1S/C14H17N3O2S/c1-19-13-6-10(2-3-12(13)14(15)17-18)7-16-8-11-4-5-20-9-11/h2-6,9,16,18H,7-8H2,1H3,(H2,15,17). The molecule has 6 heteroatoms. The van der Waals surface area contributed by atoms with Crippen LogP contribution in [0.4, 0.5) is 0 Å². The molecule has 0 saturated heterocycles. The summed E-state index contributed by atoms with van der Waals surface area (Å²) >= 11 is 1.69. The van der Waals surface area contributed by atoms with Crippen LogP contribution in [0, 0.1) is 0 Å². The molecule has 0 spiro atoms. The molecule has 2 rings (SSSR count). The minimum atomic E-state index is 0.0413. The lowest BCUT2D eigenvalue weighted by molar-refractivity contribution is 0.318. The molecule has 0 amide bonds. The summed E-state index contributed by atoms with van der Waals surface area (Å²) in [6.07, 6.45) is 0. The largest absolute Gasteiger partial charge is 0.496 e. The molecule has 0 radical (unpaired) electrons. The van der Waals surface area contributed by atoms with Crippen molar-refractivity contribution in [1.29, 1.82) is 0 Å². The van der Waals surface area contributed by atoms with Crippen molar-refractivity contribution < 1.29 is 9.94 Å². The first-order valence-corrected chi connectivity index (χ1v) is 7.05. The second-order valence-corrected chi connectivity index (χ2v) is 5.04. The van der Waals surface area contributed by atoms with Gasteiger partial charge in [0.05, 0.1) is 12.7 Å². The maximum atomic E-state index is 8.72. The number of nitrogens with two attached hydrogens (primary N) is 1. The third-order valence-corrected chi connectivity index (χ3v) is 3.62. The number of amidine groups is 1. The van der Waals surface area contributed by atoms with E-state index in [9.17, 15) is 0 Å². The van der Waals surface area contributed by atoms with Crippen molar-refractivity contribution in [3.63, 3.8) is 0 Å². The van der Waals surface area contributed by atoms with Gasteiger partial charge in [-0.05, 0) is 40.1 Å². The highest BCUT2D eigenvalue weighted by Crippen LogP contribution is 2.20. The van der Waals surface area contributed by atoms with E-state index >= 15 is 0 Å². The number of nitrogens with zero attached hydrogens (tertiary/aromatic N) is 1. The van der Waals surface area contributed by atoms with Gasteiger partial charge in [-0.1, -0.05) is 11.2 Å². The number of ether oxygens (including phenoxy) is 1. The smallest absolute Gasteiger partial charge is 0.173 e. The Morgan fingerprint density at radius 3 is 2.80 bits per heavy atom. The van der Waals surface area contributed by atoms with Gasteiger partial charge >= 0.3 is 0 Å². The van der Waals surface area contributed by atoms with Gasteiger partial charge in [-0.2, -0.15) is 11.3 Å². The Kier molecular flexibility index (Phi) is 4.97. The second kappa shape index (κ2) is 6.93. The molecule has 0 atom stereocenters. The molecule has 2 aromatic rings. The summed E-state index contributed by atoms with van der Waals surface area (Å²) in [4.78, 5) is 0. The van der Waals surface area contributed by atoms with E-state index in [1.807, 2.05) is 12.1 Å². The first kappa shape index (κ1) is 14.4. The zero-order chi connectivity index (χ0) is 14.4. The summed E-state index contributed by atoms with van der Waals surface area (Å²) in [7, 11) is 1.56. The lowest BCUT2D eigenvalue weighted by atomic mass is 10.1. The summed E-state index contributed by atoms with van der Waals surface area (Å²) in [5.74, 6) is 0.634. The van der Waals surface area contributed by atoms with Crippen LogP contribution in [0.1, 0.15) is 16.7 Å². The first-order valence-electron chi connectivity index (χ1n) is 6.11. The van der Waals surface area contributed by atoms with Gasteiger partial charge in [0.15, 0.2) is 5.84 Å². The maximum absolute atomic E-state index is 8.72. The topological polar surface area (TPSA) is 79.9 Å². The third-order valence-electron chi connectivity index (χ3n) is 2.89. The first-order chi connectivity index (χ1) is 9.74. The van der Waals surface area contributed by atoms with E-state index < -0.39 is 0 Å². The summed E-state index contributed by atoms with van der Waals surface area (Å²) in [6.45, 7) is 1.55. The highest BCUT2D eigenvalue weighted by atomic mass is 32.1. The van der Waals surface area contributed by atoms with Crippen molar-refractivity contribution in [3.05, 3.63) is 51.7 Å². The molecule has 0 bridgehead atoms. The van der Waals surface area contributed by atoms with Crippen molar-refractivity contribution in [3.8, 4) is 5.75 Å². The molecule has 0 aliphatic carbocycles. The fourth-order valence-corrected chi connectivity index (χ4v) is 2.52. The molecular formula is C14H17N3O2S. The Balaban J connectivity index is 2.02. The van der Waals surface area contributed by atoms with Gasteiger partial charge in [0.25, 0.3) is 0 Å². The van der Waals surface area contributed by atoms with E-state index in [1.165, 1.54) is 5.56 Å². The second-order valence-electron chi connectivity index (χ2n) is 4.26. The SMILES string of the molecule is COc1cc(CNCc2ccsc2)ccc1/C(N)=N/O. The Morgan fingerprint density at radius 1 is 1.35 bits per heavy atom. The fraction of sp³-hybridized carbons (Fsp3) is 0.214. The highest BCUT2D eigenvalue weighted by Gasteiger charge is 2.08. The summed E-state index contributed by atoms with van der Waals surface area (Å²) in [5, 5.41) is 19.3. The van der Waals surface area contributed by atoms with Gasteiger partial charge in [-0.3, -0.25) is 0 Å². The van der Waals surface area contributed by atoms with Crippen LogP contribution in [0.2, 0.25) is 0 Å². The Morgan fingerprint density at radius 2 is 2.15 bits per heavy atom. The van der Waals surface area contributed by atoms with Crippen molar-refractivity contribution in [2.75, 3.05) is 7.11 Å². The molecule has 0 aliphatic heterocycles. The highest BCUT2D eigenvalue weighted by molar-refractivity contribution is 7.07. The lowest BCUT2D eigenvalue weighted by Gasteiger charge is -2.10. The summed E-state index contributed by atoms with van der Waals surface area (Å²) in [6, 6.07) is 7.69. The minimum Gasteiger partial charge on any atom is -0.496 e. The van der Waals surface area contributed by atoms with Gasteiger partial charge in [-0.15, -0.1) is 0 Å². The molecule has 0 unspecified atom stereocenters. The molecule has 0 saturated carbocycles. The Bertz CT molecular complexity index is 582. The number of oxime groups is 1. The molecular weight excluding hydrogens is 274 g/mol. The van der Waals surface area contributed by atoms with Crippen LogP contribution in [0.25, 0.3) is 0 Å². The van der Waals surface area contributed by atoms with Crippen LogP contribution in [-0.4, -0.2) is 18.2 Å². The van der Waals surface area contributed by atoms with Crippen LogP contribution in [-0.2, 0) is 13.1 Å². The average molecular weight is 291 g/mol. The molecule has 1 aromatic carbocycles. The number of thiophene rings is 1. The van der Waals surface area contributed by atoms with E-state index in [-0.39, 0.29) is 5.84 Å². The van der Waals surface area contributed by atoms with E-state index in [2.05, 4.69) is 27.3 Å². The average Bonchev–Trinajstić information content (AvgIpc) is 2.99. The van der Waals surface area contributed by atoms with Gasteiger partial charge in [-0.25, -0.2) is 0 Å². The summed E-state index contributed by atoms with van der Waals surface area (Å²) in [5.41, 5.74) is 8.52. The molecule has 0 fully saturated rings. The molecule has 106 valence electrons. The van der Waals surface area contributed by atoms with Crippen LogP contribution in [0.5, 0.6) is 5.75 Å². The minimum absolute atomic E-state index is 0.0413. The zero-order valence-electron chi connectivity index (χ0n) is 11.2. The monoisotopic (exact) mass is 291 g/mol. The molecule has 1 heterocycles. The van der Waals surface area contributed by atoms with Crippen molar-refractivity contribution >= 4 is 17.2 Å². The number of hydrogen-bond acceptors (Lipinski definition) is 5. The number of benzene rings is 1. The fourth-order valence-electron chi connectivity index (χ4n) is 1.86. The molecule has 5 nitrogen and oxygen atoms in total. The molecule has 0 aliphatic rings. The summed E-state index contributed by atoms with van der Waals surface area (Å²) < 4.78 is 5.26. The van der Waals surface area contributed by atoms with Crippen molar-refractivity contribution in [2.24, 2.45) is 10.9 Å². The van der Waals surface area contributed by atoms with Gasteiger partial charge in [0.1, 0.15) is 5.75 Å². The number of rotatable bonds is 6. The normalized spacial score (nSPS) is 11.6. The van der Waals surface area contributed by atoms with E-state index in [1.54, 1.807) is 24.5 Å². The Hall–Kier alpha value is -2.05. The van der Waals surface area contributed by atoms with Crippen LogP contribution in [0.15, 0.2) is 40.2 Å². The van der Waals surface area contributed by atoms with Crippen molar-refractivity contribution in [2.45, 2.75) is 13.1 Å². The predicted molar refractivity (Wildman–Crippen MR) is 80.4 cm³/mol. The molecule has 1 aromatic heterocycles. The third kappa shape index (κ3) is 3.49.